The van der Waals surface area contributed by atoms with Crippen LogP contribution in [0.15, 0.2) is 159 Å². The van der Waals surface area contributed by atoms with Crippen LogP contribution in [0.2, 0.25) is 0 Å². The van der Waals surface area contributed by atoms with Crippen LogP contribution in [0, 0.1) is 0 Å². The second kappa shape index (κ2) is 10.1. The molecule has 0 unspecified atom stereocenters. The van der Waals surface area contributed by atoms with Crippen LogP contribution in [0.5, 0.6) is 0 Å². The predicted molar refractivity (Wildman–Crippen MR) is 202 cm³/mol. The van der Waals surface area contributed by atoms with Gasteiger partial charge in [0.15, 0.2) is 11.2 Å². The third kappa shape index (κ3) is 3.95. The van der Waals surface area contributed by atoms with Gasteiger partial charge in [-0.15, -0.1) is 11.3 Å². The second-order valence-corrected chi connectivity index (χ2v) is 13.4. The fraction of sp³-hybridized carbons (Fsp3) is 0. The lowest BCUT2D eigenvalue weighted by Crippen LogP contribution is -2.10. The number of hydrogen-bond acceptors (Lipinski definition) is 6. The van der Waals surface area contributed by atoms with Crippen LogP contribution in [0.4, 0.5) is 17.1 Å². The molecule has 7 aromatic carbocycles. The quantitative estimate of drug-likeness (QED) is 0.190. The van der Waals surface area contributed by atoms with Crippen LogP contribution >= 0.6 is 11.3 Å². The van der Waals surface area contributed by atoms with E-state index in [1.54, 1.807) is 0 Å². The molecule has 49 heavy (non-hydrogen) atoms. The van der Waals surface area contributed by atoms with E-state index in [1.807, 2.05) is 65.9 Å². The van der Waals surface area contributed by atoms with E-state index in [0.29, 0.717) is 5.89 Å². The van der Waals surface area contributed by atoms with Gasteiger partial charge in [0.2, 0.25) is 5.89 Å². The highest BCUT2D eigenvalue weighted by atomic mass is 32.1. The molecule has 0 aliphatic carbocycles. The Kier molecular flexibility index (Phi) is 5.48. The normalized spacial score (nSPS) is 12.1. The first-order valence-electron chi connectivity index (χ1n) is 16.2. The van der Waals surface area contributed by atoms with Crippen molar-refractivity contribution in [2.24, 2.45) is 0 Å². The first kappa shape index (κ1) is 26.7. The second-order valence-electron chi connectivity index (χ2n) is 12.3. The molecule has 0 N–H and O–H groups in total. The lowest BCUT2D eigenvalue weighted by molar-refractivity contribution is 0.619. The molecule has 0 aliphatic heterocycles. The van der Waals surface area contributed by atoms with Crippen molar-refractivity contribution in [1.82, 2.24) is 4.98 Å². The third-order valence-electron chi connectivity index (χ3n) is 9.50. The first-order valence-corrected chi connectivity index (χ1v) is 17.0. The number of oxazole rings is 1. The Hall–Kier alpha value is -6.37. The number of para-hydroxylation sites is 2. The van der Waals surface area contributed by atoms with Crippen LogP contribution in [0.1, 0.15) is 0 Å². The molecule has 0 radical (unpaired) electrons. The molecular weight excluding hydrogens is 625 g/mol. The Balaban J connectivity index is 1.18. The Morgan fingerprint density at radius 3 is 2.12 bits per heavy atom. The largest absolute Gasteiger partial charge is 0.456 e. The molecule has 4 aromatic heterocycles. The maximum absolute atomic E-state index is 6.77. The molecule has 11 rings (SSSR count). The van der Waals surface area contributed by atoms with Crippen molar-refractivity contribution in [3.05, 3.63) is 146 Å². The van der Waals surface area contributed by atoms with Gasteiger partial charge in [-0.05, 0) is 72.8 Å². The summed E-state index contributed by atoms with van der Waals surface area (Å²) in [5.41, 5.74) is 8.70. The molecule has 0 bridgehead atoms. The highest BCUT2D eigenvalue weighted by Crippen LogP contribution is 2.46. The molecule has 230 valence electrons. The van der Waals surface area contributed by atoms with E-state index in [0.717, 1.165) is 77.6 Å². The van der Waals surface area contributed by atoms with Crippen molar-refractivity contribution in [2.45, 2.75) is 0 Å². The van der Waals surface area contributed by atoms with Gasteiger partial charge >= 0.3 is 0 Å². The van der Waals surface area contributed by atoms with Gasteiger partial charge in [0.25, 0.3) is 0 Å². The molecule has 0 fully saturated rings. The van der Waals surface area contributed by atoms with Crippen LogP contribution in [-0.4, -0.2) is 4.98 Å². The Morgan fingerprint density at radius 2 is 1.18 bits per heavy atom. The summed E-state index contributed by atoms with van der Waals surface area (Å²) in [5.74, 6) is 0.590. The lowest BCUT2D eigenvalue weighted by Gasteiger charge is -2.25. The van der Waals surface area contributed by atoms with Gasteiger partial charge in [-0.1, -0.05) is 72.8 Å². The maximum atomic E-state index is 6.77. The number of benzene rings is 7. The van der Waals surface area contributed by atoms with Crippen molar-refractivity contribution in [2.75, 3.05) is 4.90 Å². The Morgan fingerprint density at radius 1 is 0.469 bits per heavy atom. The van der Waals surface area contributed by atoms with Crippen molar-refractivity contribution in [3.63, 3.8) is 0 Å². The van der Waals surface area contributed by atoms with Crippen LogP contribution in [-0.2, 0) is 0 Å². The van der Waals surface area contributed by atoms with Crippen molar-refractivity contribution < 1.29 is 13.3 Å². The van der Waals surface area contributed by atoms with Crippen molar-refractivity contribution in [1.29, 1.82) is 0 Å². The van der Waals surface area contributed by atoms with E-state index >= 15 is 0 Å². The third-order valence-corrected chi connectivity index (χ3v) is 10.6. The summed E-state index contributed by atoms with van der Waals surface area (Å²) in [5, 5.41) is 6.60. The van der Waals surface area contributed by atoms with Gasteiger partial charge in [-0.25, -0.2) is 4.98 Å². The molecule has 0 saturated heterocycles. The summed E-state index contributed by atoms with van der Waals surface area (Å²) in [6.07, 6.45) is 0. The van der Waals surface area contributed by atoms with Crippen LogP contribution in [0.25, 0.3) is 86.6 Å². The molecule has 6 heteroatoms. The predicted octanol–water partition coefficient (Wildman–Crippen LogP) is 13.1. The summed E-state index contributed by atoms with van der Waals surface area (Å²) >= 11 is 1.81. The average molecular weight is 649 g/mol. The minimum atomic E-state index is 0.590. The smallest absolute Gasteiger partial charge is 0.227 e. The zero-order valence-corrected chi connectivity index (χ0v) is 26.7. The number of aromatic nitrogens is 1. The Labute approximate surface area is 282 Å². The fourth-order valence-electron chi connectivity index (χ4n) is 7.27. The summed E-state index contributed by atoms with van der Waals surface area (Å²) < 4.78 is 21.8. The molecule has 0 atom stereocenters. The summed E-state index contributed by atoms with van der Waals surface area (Å²) in [6, 6.07) is 50.2. The SMILES string of the molecule is c1ccc(-c2nc3c(ccc4oc5c(N(c6ccc7c(c6)sc6ccccc67)c6ccc7oc8ccccc8c7c6)cccc5c43)o2)cc1. The van der Waals surface area contributed by atoms with Gasteiger partial charge in [-0.2, -0.15) is 0 Å². The molecule has 4 heterocycles. The van der Waals surface area contributed by atoms with Gasteiger partial charge in [0.05, 0.1) is 11.1 Å². The van der Waals surface area contributed by atoms with Crippen molar-refractivity contribution in [3.8, 4) is 11.5 Å². The molecule has 5 nitrogen and oxygen atoms in total. The molecule has 0 amide bonds. The number of nitrogens with zero attached hydrogens (tertiary/aromatic N) is 2. The standard InChI is InChI=1S/C43H24N2O3S/c1-2-9-25(10-3-1)43-44-41-37(48-43)22-21-36-40(41)31-13-8-14-33(42(31)47-36)45(26-18-20-35-32(23-26)28-11-4-6-15-34(28)46-35)27-17-19-30-29-12-5-7-16-38(29)49-39(30)24-27/h1-24H. The monoisotopic (exact) mass is 648 g/mol. The summed E-state index contributed by atoms with van der Waals surface area (Å²) in [4.78, 5) is 7.28. The molecule has 11 aromatic rings. The van der Waals surface area contributed by atoms with Crippen LogP contribution in [0.3, 0.4) is 0 Å². The number of anilines is 3. The number of furan rings is 2. The van der Waals surface area contributed by atoms with E-state index in [9.17, 15) is 0 Å². The minimum Gasteiger partial charge on any atom is -0.456 e. The first-order chi connectivity index (χ1) is 24.3. The highest BCUT2D eigenvalue weighted by molar-refractivity contribution is 7.25. The van der Waals surface area contributed by atoms with Gasteiger partial charge in [-0.3, -0.25) is 0 Å². The van der Waals surface area contributed by atoms with E-state index in [-0.39, 0.29) is 0 Å². The number of hydrogen-bond donors (Lipinski definition) is 0. The highest BCUT2D eigenvalue weighted by Gasteiger charge is 2.23. The zero-order valence-electron chi connectivity index (χ0n) is 25.9. The molecule has 0 saturated carbocycles. The minimum absolute atomic E-state index is 0.590. The topological polar surface area (TPSA) is 55.6 Å². The summed E-state index contributed by atoms with van der Waals surface area (Å²) in [6.45, 7) is 0. The van der Waals surface area contributed by atoms with Gasteiger partial charge in [0, 0.05) is 53.3 Å². The lowest BCUT2D eigenvalue weighted by atomic mass is 10.1. The van der Waals surface area contributed by atoms with E-state index in [2.05, 4.69) is 95.9 Å². The zero-order chi connectivity index (χ0) is 32.1. The molecule has 0 aliphatic rings. The van der Waals surface area contributed by atoms with Crippen molar-refractivity contribution >= 4 is 104 Å². The van der Waals surface area contributed by atoms with E-state index in [4.69, 9.17) is 18.2 Å². The summed E-state index contributed by atoms with van der Waals surface area (Å²) in [7, 11) is 0. The average Bonchev–Trinajstić information content (AvgIpc) is 3.93. The van der Waals surface area contributed by atoms with Crippen LogP contribution < -0.4 is 4.90 Å². The van der Waals surface area contributed by atoms with Gasteiger partial charge in [0.1, 0.15) is 22.3 Å². The van der Waals surface area contributed by atoms with E-state index in [1.165, 1.54) is 20.2 Å². The molecular formula is C43H24N2O3S. The maximum Gasteiger partial charge on any atom is 0.227 e. The number of fused-ring (bicyclic) bond motifs is 11. The van der Waals surface area contributed by atoms with E-state index < -0.39 is 0 Å². The fourth-order valence-corrected chi connectivity index (χ4v) is 8.41. The number of rotatable bonds is 4. The number of thiophene rings is 1. The molecule has 0 spiro atoms. The van der Waals surface area contributed by atoms with Gasteiger partial charge < -0.3 is 18.2 Å². The Bertz CT molecular complexity index is 3070.